The van der Waals surface area contributed by atoms with E-state index < -0.39 is 0 Å². The number of unbranched alkanes of at least 4 members (excludes halogenated alkanes) is 1. The molecular formula is C28H45O2S+. The molecule has 0 spiro atoms. The minimum atomic E-state index is 0.784. The van der Waals surface area contributed by atoms with Crippen molar-refractivity contribution in [3.8, 4) is 5.75 Å². The van der Waals surface area contributed by atoms with Crippen LogP contribution in [0.4, 0.5) is 0 Å². The maximum atomic E-state index is 5.78. The Morgan fingerprint density at radius 1 is 0.903 bits per heavy atom. The third-order valence-electron chi connectivity index (χ3n) is 6.57. The van der Waals surface area contributed by atoms with Crippen LogP contribution in [0.25, 0.3) is 10.8 Å². The monoisotopic (exact) mass is 445 g/mol. The van der Waals surface area contributed by atoms with Crippen molar-refractivity contribution in [3.05, 3.63) is 36.4 Å². The third kappa shape index (κ3) is 6.89. The van der Waals surface area contributed by atoms with E-state index in [2.05, 4.69) is 50.3 Å². The molecule has 3 aliphatic rings. The highest BCUT2D eigenvalue weighted by Gasteiger charge is 2.52. The van der Waals surface area contributed by atoms with Gasteiger partial charge in [0.25, 0.3) is 0 Å². The number of ether oxygens (including phenoxy) is 2. The van der Waals surface area contributed by atoms with Crippen LogP contribution in [0.5, 0.6) is 5.75 Å². The molecule has 3 fully saturated rings. The van der Waals surface area contributed by atoms with Crippen LogP contribution in [0.1, 0.15) is 73.1 Å². The molecule has 1 aliphatic heterocycles. The minimum absolute atomic E-state index is 0.784. The Balaban J connectivity index is 0.000000193. The van der Waals surface area contributed by atoms with E-state index in [0.717, 1.165) is 64.5 Å². The Labute approximate surface area is 196 Å². The fraction of sp³-hybridized carbons (Fsp3) is 0.643. The SMILES string of the molecule is C1CC2CC1C1C[OH+]CC21.CC.CCC.CCCCOc1ccc(S)c2ccccc12. The van der Waals surface area contributed by atoms with Gasteiger partial charge in [-0.2, -0.15) is 0 Å². The Morgan fingerprint density at radius 2 is 1.48 bits per heavy atom. The highest BCUT2D eigenvalue weighted by Crippen LogP contribution is 2.53. The van der Waals surface area contributed by atoms with Crippen molar-refractivity contribution in [3.63, 3.8) is 0 Å². The summed E-state index contributed by atoms with van der Waals surface area (Å²) >= 11 is 4.45. The average Bonchev–Trinajstić information content (AvgIpc) is 3.54. The predicted octanol–water partition coefficient (Wildman–Crippen LogP) is 7.94. The van der Waals surface area contributed by atoms with Crippen LogP contribution in [-0.2, 0) is 0 Å². The molecular weight excluding hydrogens is 400 g/mol. The van der Waals surface area contributed by atoms with Gasteiger partial charge in [-0.25, -0.2) is 0 Å². The van der Waals surface area contributed by atoms with E-state index in [-0.39, 0.29) is 0 Å². The van der Waals surface area contributed by atoms with Gasteiger partial charge >= 0.3 is 0 Å². The summed E-state index contributed by atoms with van der Waals surface area (Å²) in [4.78, 5) is 0.999. The smallest absolute Gasteiger partial charge is 0.148 e. The second-order valence-electron chi connectivity index (χ2n) is 8.79. The first-order valence-corrected chi connectivity index (χ1v) is 13.1. The van der Waals surface area contributed by atoms with Gasteiger partial charge in [-0.1, -0.05) is 71.7 Å². The maximum Gasteiger partial charge on any atom is 0.148 e. The second kappa shape index (κ2) is 14.1. The molecule has 1 N–H and O–H groups in total. The van der Waals surface area contributed by atoms with Crippen LogP contribution in [0.15, 0.2) is 41.3 Å². The van der Waals surface area contributed by atoms with E-state index in [1.807, 2.05) is 38.1 Å². The summed E-state index contributed by atoms with van der Waals surface area (Å²) in [5.41, 5.74) is 0. The van der Waals surface area contributed by atoms with Crippen LogP contribution < -0.4 is 4.74 Å². The summed E-state index contributed by atoms with van der Waals surface area (Å²) in [5.74, 6) is 5.24. The molecule has 2 aromatic carbocycles. The number of thiol groups is 1. The first-order valence-electron chi connectivity index (χ1n) is 12.7. The fourth-order valence-electron chi connectivity index (χ4n) is 5.18. The molecule has 31 heavy (non-hydrogen) atoms. The zero-order chi connectivity index (χ0) is 22.6. The summed E-state index contributed by atoms with van der Waals surface area (Å²) < 4.78 is 10.3. The zero-order valence-corrected chi connectivity index (χ0v) is 21.3. The topological polar surface area (TPSA) is 22.0 Å². The highest BCUT2D eigenvalue weighted by molar-refractivity contribution is 7.80. The highest BCUT2D eigenvalue weighted by atomic mass is 32.1. The molecule has 2 aliphatic carbocycles. The van der Waals surface area contributed by atoms with Crippen molar-refractivity contribution in [2.24, 2.45) is 23.7 Å². The number of aliphatic hydroxyl groups is 2. The van der Waals surface area contributed by atoms with E-state index in [4.69, 9.17) is 4.74 Å². The average molecular weight is 446 g/mol. The molecule has 0 aromatic heterocycles. The number of benzene rings is 2. The quantitative estimate of drug-likeness (QED) is 0.288. The van der Waals surface area contributed by atoms with Crippen LogP contribution in [0, 0.1) is 23.7 Å². The van der Waals surface area contributed by atoms with Crippen molar-refractivity contribution in [2.75, 3.05) is 19.8 Å². The van der Waals surface area contributed by atoms with E-state index >= 15 is 0 Å². The maximum absolute atomic E-state index is 5.78. The molecule has 1 saturated heterocycles. The normalized spacial score (nSPS) is 24.8. The van der Waals surface area contributed by atoms with Gasteiger partial charge in [0.15, 0.2) is 0 Å². The summed E-state index contributed by atoms with van der Waals surface area (Å²) in [6, 6.07) is 12.2. The van der Waals surface area contributed by atoms with Gasteiger partial charge in [-0.3, -0.25) is 0 Å². The van der Waals surface area contributed by atoms with Gasteiger partial charge in [0.2, 0.25) is 0 Å². The van der Waals surface area contributed by atoms with E-state index in [1.165, 1.54) is 32.5 Å². The molecule has 2 bridgehead atoms. The molecule has 4 atom stereocenters. The van der Waals surface area contributed by atoms with Crippen LogP contribution in [0.2, 0.25) is 0 Å². The molecule has 2 aromatic rings. The van der Waals surface area contributed by atoms with E-state index in [0.29, 0.717) is 0 Å². The lowest BCUT2D eigenvalue weighted by Crippen LogP contribution is -2.19. The summed E-state index contributed by atoms with van der Waals surface area (Å²) in [7, 11) is 0. The van der Waals surface area contributed by atoms with Crippen molar-refractivity contribution in [2.45, 2.75) is 78.0 Å². The van der Waals surface area contributed by atoms with Gasteiger partial charge < -0.3 is 9.47 Å². The Kier molecular flexibility index (Phi) is 11.8. The minimum Gasteiger partial charge on any atom is -0.493 e. The Morgan fingerprint density at radius 3 is 2.06 bits per heavy atom. The van der Waals surface area contributed by atoms with Crippen LogP contribution in [0.3, 0.4) is 0 Å². The van der Waals surface area contributed by atoms with Crippen LogP contribution in [-0.4, -0.2) is 24.6 Å². The number of hydrogen-bond acceptors (Lipinski definition) is 2. The second-order valence-corrected chi connectivity index (χ2v) is 9.27. The molecule has 2 nitrogen and oxygen atoms in total. The molecule has 0 radical (unpaired) electrons. The lowest BCUT2D eigenvalue weighted by atomic mass is 9.82. The summed E-state index contributed by atoms with van der Waals surface area (Å²) in [5, 5.41) is 2.30. The number of hydrogen-bond donors (Lipinski definition) is 1. The molecule has 174 valence electrons. The molecule has 4 unspecified atom stereocenters. The third-order valence-corrected chi connectivity index (χ3v) is 6.96. The number of rotatable bonds is 4. The Hall–Kier alpha value is -1.19. The predicted molar refractivity (Wildman–Crippen MR) is 139 cm³/mol. The molecule has 0 amide bonds. The van der Waals surface area contributed by atoms with Crippen molar-refractivity contribution in [1.29, 1.82) is 0 Å². The molecule has 5 rings (SSSR count). The van der Waals surface area contributed by atoms with Crippen molar-refractivity contribution >= 4 is 23.4 Å². The van der Waals surface area contributed by atoms with Crippen molar-refractivity contribution in [1.82, 2.24) is 0 Å². The Bertz CT molecular complexity index is 744. The van der Waals surface area contributed by atoms with Gasteiger partial charge in [0.05, 0.1) is 6.61 Å². The van der Waals surface area contributed by atoms with Crippen LogP contribution >= 0.6 is 12.6 Å². The zero-order valence-electron chi connectivity index (χ0n) is 20.4. The van der Waals surface area contributed by atoms with Gasteiger partial charge in [-0.05, 0) is 55.0 Å². The largest absolute Gasteiger partial charge is 0.493 e. The van der Waals surface area contributed by atoms with E-state index in [1.54, 1.807) is 6.42 Å². The molecule has 2 saturated carbocycles. The van der Waals surface area contributed by atoms with E-state index in [9.17, 15) is 0 Å². The van der Waals surface area contributed by atoms with Gasteiger partial charge in [-0.15, -0.1) is 12.6 Å². The summed E-state index contributed by atoms with van der Waals surface area (Å²) in [6.07, 6.45) is 8.12. The molecule has 3 heteroatoms. The first-order chi connectivity index (χ1) is 15.2. The standard InChI is InChI=1S/C14H16OS.C9H14O.C3H8.C2H6/c1-2-3-10-15-13-8-9-14(16)12-7-5-4-6-11(12)13;1-2-7-3-6(1)8-4-10-5-9(7)8;1-3-2;1-2/h4-9,16H,2-3,10H2,1H3;6-9H,1-5H2;3H2,1-2H3;1-2H3/p+1. The lowest BCUT2D eigenvalue weighted by molar-refractivity contribution is -0.0107. The number of fused-ring (bicyclic) bond motifs is 6. The first kappa shape index (κ1) is 26.1. The van der Waals surface area contributed by atoms with Crippen molar-refractivity contribution < 1.29 is 9.47 Å². The summed E-state index contributed by atoms with van der Waals surface area (Å²) in [6.45, 7) is 13.6. The van der Waals surface area contributed by atoms with Gasteiger partial charge in [0.1, 0.15) is 19.0 Å². The molecule has 1 heterocycles. The fourth-order valence-corrected chi connectivity index (χ4v) is 5.45. The van der Waals surface area contributed by atoms with Gasteiger partial charge in [0, 0.05) is 22.1 Å². The lowest BCUT2D eigenvalue weighted by Gasteiger charge is -2.18.